The maximum atomic E-state index is 13.2. The standard InChI is InChI=1S/C15H21FO2/c1-15(2,3)14(17)10-6-7-11-18-13-9-5-4-8-12(13)16/h4-5,8-9H,6-7,10-11H2,1-3H3. The maximum Gasteiger partial charge on any atom is 0.165 e. The van der Waals surface area contributed by atoms with Crippen molar-refractivity contribution in [2.75, 3.05) is 6.61 Å². The predicted molar refractivity (Wildman–Crippen MR) is 70.2 cm³/mol. The number of benzene rings is 1. The summed E-state index contributed by atoms with van der Waals surface area (Å²) in [5.41, 5.74) is -0.271. The molecule has 1 aromatic carbocycles. The van der Waals surface area contributed by atoms with Crippen molar-refractivity contribution in [2.45, 2.75) is 40.0 Å². The zero-order chi connectivity index (χ0) is 13.6. The van der Waals surface area contributed by atoms with Gasteiger partial charge in [-0.3, -0.25) is 4.79 Å². The molecule has 0 aromatic heterocycles. The summed E-state index contributed by atoms with van der Waals surface area (Å²) < 4.78 is 18.5. The Morgan fingerprint density at radius 3 is 2.50 bits per heavy atom. The van der Waals surface area contributed by atoms with E-state index >= 15 is 0 Å². The molecule has 0 saturated heterocycles. The van der Waals surface area contributed by atoms with Crippen molar-refractivity contribution >= 4 is 5.78 Å². The van der Waals surface area contributed by atoms with Gasteiger partial charge < -0.3 is 4.74 Å². The number of ether oxygens (including phenoxy) is 1. The van der Waals surface area contributed by atoms with Crippen molar-refractivity contribution in [3.63, 3.8) is 0 Å². The molecule has 0 unspecified atom stereocenters. The van der Waals surface area contributed by atoms with Gasteiger partial charge in [0.1, 0.15) is 5.78 Å². The van der Waals surface area contributed by atoms with Crippen LogP contribution in [0.25, 0.3) is 0 Å². The average molecular weight is 252 g/mol. The fourth-order valence-corrected chi connectivity index (χ4v) is 1.51. The van der Waals surface area contributed by atoms with Crippen LogP contribution in [0.1, 0.15) is 40.0 Å². The molecule has 0 aliphatic heterocycles. The number of Topliss-reactive ketones (excluding diaryl/α,β-unsaturated/α-hetero) is 1. The topological polar surface area (TPSA) is 26.3 Å². The normalized spacial score (nSPS) is 11.3. The molecule has 0 bridgehead atoms. The zero-order valence-electron chi connectivity index (χ0n) is 11.3. The van der Waals surface area contributed by atoms with Crippen molar-refractivity contribution in [1.82, 2.24) is 0 Å². The molecular formula is C15H21FO2. The first-order valence-electron chi connectivity index (χ1n) is 6.32. The van der Waals surface area contributed by atoms with Gasteiger partial charge in [-0.05, 0) is 25.0 Å². The number of carbonyl (C=O) groups excluding carboxylic acids is 1. The van der Waals surface area contributed by atoms with E-state index in [4.69, 9.17) is 4.74 Å². The van der Waals surface area contributed by atoms with Crippen LogP contribution in [0.2, 0.25) is 0 Å². The highest BCUT2D eigenvalue weighted by molar-refractivity contribution is 5.83. The molecule has 0 saturated carbocycles. The van der Waals surface area contributed by atoms with Crippen LogP contribution < -0.4 is 4.74 Å². The van der Waals surface area contributed by atoms with Crippen LogP contribution in [-0.2, 0) is 4.79 Å². The zero-order valence-corrected chi connectivity index (χ0v) is 11.3. The lowest BCUT2D eigenvalue weighted by Crippen LogP contribution is -2.19. The largest absolute Gasteiger partial charge is 0.491 e. The molecule has 3 heteroatoms. The van der Waals surface area contributed by atoms with Gasteiger partial charge in [0, 0.05) is 11.8 Å². The highest BCUT2D eigenvalue weighted by atomic mass is 19.1. The molecule has 2 nitrogen and oxygen atoms in total. The van der Waals surface area contributed by atoms with Gasteiger partial charge in [-0.25, -0.2) is 4.39 Å². The third kappa shape index (κ3) is 4.86. The summed E-state index contributed by atoms with van der Waals surface area (Å²) >= 11 is 0. The molecule has 1 aromatic rings. The first-order chi connectivity index (χ1) is 8.41. The van der Waals surface area contributed by atoms with Crippen molar-refractivity contribution in [1.29, 1.82) is 0 Å². The smallest absolute Gasteiger partial charge is 0.165 e. The third-order valence-corrected chi connectivity index (χ3v) is 2.73. The van der Waals surface area contributed by atoms with E-state index in [9.17, 15) is 9.18 Å². The number of carbonyl (C=O) groups is 1. The van der Waals surface area contributed by atoms with Gasteiger partial charge in [0.2, 0.25) is 0 Å². The first-order valence-corrected chi connectivity index (χ1v) is 6.32. The Morgan fingerprint density at radius 1 is 1.22 bits per heavy atom. The lowest BCUT2D eigenvalue weighted by molar-refractivity contribution is -0.126. The summed E-state index contributed by atoms with van der Waals surface area (Å²) in [6.45, 7) is 6.21. The lowest BCUT2D eigenvalue weighted by atomic mass is 9.88. The summed E-state index contributed by atoms with van der Waals surface area (Å²) in [6.07, 6.45) is 2.10. The second kappa shape index (κ2) is 6.53. The minimum Gasteiger partial charge on any atom is -0.491 e. The van der Waals surface area contributed by atoms with Crippen molar-refractivity contribution in [3.8, 4) is 5.75 Å². The van der Waals surface area contributed by atoms with E-state index in [0.29, 0.717) is 13.0 Å². The average Bonchev–Trinajstić information content (AvgIpc) is 2.29. The van der Waals surface area contributed by atoms with Crippen LogP contribution in [-0.4, -0.2) is 12.4 Å². The van der Waals surface area contributed by atoms with Gasteiger partial charge in [-0.1, -0.05) is 32.9 Å². The van der Waals surface area contributed by atoms with E-state index in [0.717, 1.165) is 12.8 Å². The molecule has 1 rings (SSSR count). The SMILES string of the molecule is CC(C)(C)C(=O)CCCCOc1ccccc1F. The van der Waals surface area contributed by atoms with Gasteiger partial charge in [0.05, 0.1) is 6.61 Å². The molecule has 0 fully saturated rings. The highest BCUT2D eigenvalue weighted by Gasteiger charge is 2.19. The summed E-state index contributed by atoms with van der Waals surface area (Å²) in [4.78, 5) is 11.7. The number of halogens is 1. The van der Waals surface area contributed by atoms with Gasteiger partial charge >= 0.3 is 0 Å². The van der Waals surface area contributed by atoms with E-state index < -0.39 is 0 Å². The Balaban J connectivity index is 2.20. The van der Waals surface area contributed by atoms with Crippen molar-refractivity contribution < 1.29 is 13.9 Å². The van der Waals surface area contributed by atoms with Crippen LogP contribution in [0.3, 0.4) is 0 Å². The summed E-state index contributed by atoms with van der Waals surface area (Å²) in [5, 5.41) is 0. The Kier molecular flexibility index (Phi) is 5.32. The van der Waals surface area contributed by atoms with Gasteiger partial charge in [-0.2, -0.15) is 0 Å². The van der Waals surface area contributed by atoms with Gasteiger partial charge in [0.15, 0.2) is 11.6 Å². The Labute approximate surface area is 108 Å². The van der Waals surface area contributed by atoms with Crippen LogP contribution in [0.4, 0.5) is 4.39 Å². The molecule has 18 heavy (non-hydrogen) atoms. The third-order valence-electron chi connectivity index (χ3n) is 2.73. The number of ketones is 1. The molecule has 100 valence electrons. The number of para-hydroxylation sites is 1. The van der Waals surface area contributed by atoms with Crippen LogP contribution in [0, 0.1) is 11.2 Å². The summed E-state index contributed by atoms with van der Waals surface area (Å²) in [5.74, 6) is 0.191. The molecule has 0 aliphatic carbocycles. The van der Waals surface area contributed by atoms with Crippen LogP contribution in [0.15, 0.2) is 24.3 Å². The molecule has 0 atom stereocenters. The van der Waals surface area contributed by atoms with Gasteiger partial charge in [0.25, 0.3) is 0 Å². The quantitative estimate of drug-likeness (QED) is 0.715. The molecule has 0 N–H and O–H groups in total. The minimum atomic E-state index is -0.344. The Hall–Kier alpha value is -1.38. The Morgan fingerprint density at radius 2 is 1.89 bits per heavy atom. The number of rotatable bonds is 6. The van der Waals surface area contributed by atoms with E-state index in [2.05, 4.69) is 0 Å². The second-order valence-electron chi connectivity index (χ2n) is 5.41. The monoisotopic (exact) mass is 252 g/mol. The number of hydrogen-bond acceptors (Lipinski definition) is 2. The molecule has 0 spiro atoms. The Bertz CT molecular complexity index is 394. The maximum absolute atomic E-state index is 13.2. The lowest BCUT2D eigenvalue weighted by Gasteiger charge is -2.16. The minimum absolute atomic E-state index is 0.258. The fourth-order valence-electron chi connectivity index (χ4n) is 1.51. The van der Waals surface area contributed by atoms with E-state index in [1.807, 2.05) is 20.8 Å². The summed E-state index contributed by atoms with van der Waals surface area (Å²) in [6, 6.07) is 6.35. The number of unbranched alkanes of at least 4 members (excludes halogenated alkanes) is 1. The van der Waals surface area contributed by atoms with Crippen LogP contribution >= 0.6 is 0 Å². The van der Waals surface area contributed by atoms with E-state index in [1.54, 1.807) is 18.2 Å². The molecule has 0 heterocycles. The summed E-state index contributed by atoms with van der Waals surface area (Å²) in [7, 11) is 0. The molecule has 0 aliphatic rings. The fraction of sp³-hybridized carbons (Fsp3) is 0.533. The van der Waals surface area contributed by atoms with E-state index in [1.165, 1.54) is 6.07 Å². The van der Waals surface area contributed by atoms with Crippen molar-refractivity contribution in [2.24, 2.45) is 5.41 Å². The second-order valence-corrected chi connectivity index (χ2v) is 5.41. The van der Waals surface area contributed by atoms with Crippen LogP contribution in [0.5, 0.6) is 5.75 Å². The van der Waals surface area contributed by atoms with E-state index in [-0.39, 0.29) is 22.8 Å². The van der Waals surface area contributed by atoms with Gasteiger partial charge in [-0.15, -0.1) is 0 Å². The number of hydrogen-bond donors (Lipinski definition) is 0. The molecule has 0 amide bonds. The van der Waals surface area contributed by atoms with Crippen molar-refractivity contribution in [3.05, 3.63) is 30.1 Å². The molecular weight excluding hydrogens is 231 g/mol. The first kappa shape index (κ1) is 14.7. The highest BCUT2D eigenvalue weighted by Crippen LogP contribution is 2.19. The predicted octanol–water partition coefficient (Wildman–Crippen LogP) is 3.99. The molecule has 0 radical (unpaired) electrons.